The van der Waals surface area contributed by atoms with Crippen molar-refractivity contribution in [2.45, 2.75) is 18.9 Å². The van der Waals surface area contributed by atoms with Gasteiger partial charge in [-0.3, -0.25) is 4.79 Å². The van der Waals surface area contributed by atoms with Crippen LogP contribution in [0.3, 0.4) is 0 Å². The number of amides is 1. The minimum Gasteiger partial charge on any atom is -0.357 e. The van der Waals surface area contributed by atoms with Gasteiger partial charge in [-0.15, -0.1) is 0 Å². The van der Waals surface area contributed by atoms with Crippen molar-refractivity contribution in [2.24, 2.45) is 0 Å². The number of hydrogen-bond acceptors (Lipinski definition) is 4. The molecule has 94 valence electrons. The highest BCUT2D eigenvalue weighted by atomic mass is 32.1. The Kier molecular flexibility index (Phi) is 2.87. The van der Waals surface area contributed by atoms with E-state index in [9.17, 15) is 9.18 Å². The van der Waals surface area contributed by atoms with Crippen LogP contribution in [0.2, 0.25) is 0 Å². The number of hydrogen-bond donors (Lipinski definition) is 2. The monoisotopic (exact) mass is 265 g/mol. The molecule has 0 saturated carbocycles. The summed E-state index contributed by atoms with van der Waals surface area (Å²) in [6, 6.07) is 4.80. The normalized spacial score (nSPS) is 19.8. The second-order valence-electron chi connectivity index (χ2n) is 4.32. The average molecular weight is 265 g/mol. The Morgan fingerprint density at radius 2 is 2.39 bits per heavy atom. The van der Waals surface area contributed by atoms with Gasteiger partial charge in [0.15, 0.2) is 5.13 Å². The second kappa shape index (κ2) is 4.53. The molecular weight excluding hydrogens is 253 g/mol. The number of aromatic nitrogens is 1. The van der Waals surface area contributed by atoms with Crippen molar-refractivity contribution in [3.63, 3.8) is 0 Å². The number of piperidine rings is 1. The van der Waals surface area contributed by atoms with Crippen LogP contribution in [0.4, 0.5) is 9.52 Å². The first-order valence-electron chi connectivity index (χ1n) is 5.80. The van der Waals surface area contributed by atoms with Crippen molar-refractivity contribution in [3.05, 3.63) is 24.0 Å². The van der Waals surface area contributed by atoms with Crippen molar-refractivity contribution in [3.8, 4) is 0 Å². The maximum Gasteiger partial charge on any atom is 0.220 e. The quantitative estimate of drug-likeness (QED) is 0.874. The van der Waals surface area contributed by atoms with Gasteiger partial charge in [-0.2, -0.15) is 0 Å². The molecule has 0 aliphatic carbocycles. The van der Waals surface area contributed by atoms with Crippen LogP contribution in [-0.4, -0.2) is 23.5 Å². The van der Waals surface area contributed by atoms with E-state index in [1.165, 1.54) is 23.5 Å². The van der Waals surface area contributed by atoms with Crippen LogP contribution in [0.1, 0.15) is 12.8 Å². The van der Waals surface area contributed by atoms with E-state index in [0.717, 1.165) is 16.3 Å². The maximum absolute atomic E-state index is 13.0. The average Bonchev–Trinajstić information content (AvgIpc) is 2.73. The van der Waals surface area contributed by atoms with E-state index in [2.05, 4.69) is 15.6 Å². The Labute approximate surface area is 107 Å². The van der Waals surface area contributed by atoms with Gasteiger partial charge in [-0.1, -0.05) is 11.3 Å². The zero-order chi connectivity index (χ0) is 12.5. The van der Waals surface area contributed by atoms with Gasteiger partial charge in [0.25, 0.3) is 0 Å². The number of benzene rings is 1. The molecule has 0 bridgehead atoms. The van der Waals surface area contributed by atoms with Crippen LogP contribution in [0.15, 0.2) is 18.2 Å². The van der Waals surface area contributed by atoms with E-state index in [1.807, 2.05) is 0 Å². The molecule has 3 rings (SSSR count). The van der Waals surface area contributed by atoms with E-state index in [1.54, 1.807) is 6.07 Å². The van der Waals surface area contributed by atoms with Gasteiger partial charge < -0.3 is 10.6 Å². The lowest BCUT2D eigenvalue weighted by molar-refractivity contribution is -0.122. The van der Waals surface area contributed by atoms with E-state index in [-0.39, 0.29) is 17.8 Å². The van der Waals surface area contributed by atoms with Crippen LogP contribution >= 0.6 is 11.3 Å². The standard InChI is InChI=1S/C12H12FN3OS/c13-7-1-3-10-9(5-7)16-12(18-10)15-8-2-4-11(17)14-6-8/h1,3,5,8H,2,4,6H2,(H,14,17)(H,15,16). The van der Waals surface area contributed by atoms with Gasteiger partial charge in [0, 0.05) is 25.1 Å². The van der Waals surface area contributed by atoms with Gasteiger partial charge in [0.1, 0.15) is 5.82 Å². The number of nitrogens with one attached hydrogen (secondary N) is 2. The van der Waals surface area contributed by atoms with Crippen LogP contribution < -0.4 is 10.6 Å². The summed E-state index contributed by atoms with van der Waals surface area (Å²) in [6.45, 7) is 0.614. The molecule has 1 saturated heterocycles. The molecule has 1 aromatic carbocycles. The third-order valence-corrected chi connectivity index (χ3v) is 3.91. The van der Waals surface area contributed by atoms with Crippen molar-refractivity contribution in [1.29, 1.82) is 0 Å². The highest BCUT2D eigenvalue weighted by molar-refractivity contribution is 7.22. The summed E-state index contributed by atoms with van der Waals surface area (Å²) in [4.78, 5) is 15.4. The van der Waals surface area contributed by atoms with Gasteiger partial charge in [0.05, 0.1) is 10.2 Å². The molecule has 1 aliphatic rings. The lowest BCUT2D eigenvalue weighted by Crippen LogP contribution is -2.41. The van der Waals surface area contributed by atoms with Crippen LogP contribution in [0, 0.1) is 5.82 Å². The lowest BCUT2D eigenvalue weighted by atomic mass is 10.1. The highest BCUT2D eigenvalue weighted by Crippen LogP contribution is 2.27. The first kappa shape index (κ1) is 11.4. The predicted molar refractivity (Wildman–Crippen MR) is 69.2 cm³/mol. The first-order valence-corrected chi connectivity index (χ1v) is 6.62. The minimum absolute atomic E-state index is 0.0967. The molecular formula is C12H12FN3OS. The van der Waals surface area contributed by atoms with E-state index in [4.69, 9.17) is 0 Å². The number of nitrogens with zero attached hydrogens (tertiary/aromatic N) is 1. The Morgan fingerprint density at radius 1 is 1.50 bits per heavy atom. The lowest BCUT2D eigenvalue weighted by Gasteiger charge is -2.22. The van der Waals surface area contributed by atoms with Crippen molar-refractivity contribution < 1.29 is 9.18 Å². The minimum atomic E-state index is -0.274. The largest absolute Gasteiger partial charge is 0.357 e. The molecule has 2 N–H and O–H groups in total. The summed E-state index contributed by atoms with van der Waals surface area (Å²) in [7, 11) is 0. The number of rotatable bonds is 2. The summed E-state index contributed by atoms with van der Waals surface area (Å²) in [5.41, 5.74) is 0.669. The van der Waals surface area contributed by atoms with Crippen molar-refractivity contribution in [1.82, 2.24) is 10.3 Å². The fourth-order valence-corrected chi connectivity index (χ4v) is 2.92. The molecule has 4 nitrogen and oxygen atoms in total. The summed E-state index contributed by atoms with van der Waals surface area (Å²) in [5, 5.41) is 6.87. The van der Waals surface area contributed by atoms with Gasteiger partial charge >= 0.3 is 0 Å². The Hall–Kier alpha value is -1.69. The smallest absolute Gasteiger partial charge is 0.220 e. The number of thiazole rings is 1. The van der Waals surface area contributed by atoms with Gasteiger partial charge in [-0.05, 0) is 18.6 Å². The summed E-state index contributed by atoms with van der Waals surface area (Å²) < 4.78 is 14.0. The Balaban J connectivity index is 1.76. The molecule has 2 heterocycles. The molecule has 0 radical (unpaired) electrons. The topological polar surface area (TPSA) is 54.0 Å². The predicted octanol–water partition coefficient (Wildman–Crippen LogP) is 2.13. The number of carbonyl (C=O) groups excluding carboxylic acids is 1. The number of carbonyl (C=O) groups is 1. The Bertz CT molecular complexity index is 588. The van der Waals surface area contributed by atoms with E-state index < -0.39 is 0 Å². The SMILES string of the molecule is O=C1CCC(Nc2nc3cc(F)ccc3s2)CN1. The van der Waals surface area contributed by atoms with Crippen molar-refractivity contribution in [2.75, 3.05) is 11.9 Å². The molecule has 1 fully saturated rings. The second-order valence-corrected chi connectivity index (χ2v) is 5.35. The Morgan fingerprint density at radius 3 is 3.17 bits per heavy atom. The van der Waals surface area contributed by atoms with Crippen LogP contribution in [0.5, 0.6) is 0 Å². The molecule has 1 aliphatic heterocycles. The molecule has 1 atom stereocenters. The molecule has 1 amide bonds. The molecule has 1 unspecified atom stereocenters. The first-order chi connectivity index (χ1) is 8.70. The molecule has 1 aromatic heterocycles. The van der Waals surface area contributed by atoms with E-state index >= 15 is 0 Å². The van der Waals surface area contributed by atoms with Crippen LogP contribution in [-0.2, 0) is 4.79 Å². The fourth-order valence-electron chi connectivity index (χ4n) is 1.99. The fraction of sp³-hybridized carbons (Fsp3) is 0.333. The number of anilines is 1. The van der Waals surface area contributed by atoms with Crippen molar-refractivity contribution >= 4 is 32.6 Å². The summed E-state index contributed by atoms with van der Waals surface area (Å²) >= 11 is 1.50. The maximum atomic E-state index is 13.0. The van der Waals surface area contributed by atoms with Crippen LogP contribution in [0.25, 0.3) is 10.2 Å². The van der Waals surface area contributed by atoms with Gasteiger partial charge in [-0.25, -0.2) is 9.37 Å². The third kappa shape index (κ3) is 2.28. The highest BCUT2D eigenvalue weighted by Gasteiger charge is 2.18. The summed E-state index contributed by atoms with van der Waals surface area (Å²) in [5.74, 6) is -0.177. The summed E-state index contributed by atoms with van der Waals surface area (Å²) in [6.07, 6.45) is 1.34. The number of fused-ring (bicyclic) bond motifs is 1. The molecule has 18 heavy (non-hydrogen) atoms. The third-order valence-electron chi connectivity index (χ3n) is 2.94. The molecule has 6 heteroatoms. The molecule has 0 spiro atoms. The van der Waals surface area contributed by atoms with E-state index in [0.29, 0.717) is 18.5 Å². The molecule has 2 aromatic rings. The number of halogens is 1. The zero-order valence-corrected chi connectivity index (χ0v) is 10.4. The van der Waals surface area contributed by atoms with Gasteiger partial charge in [0.2, 0.25) is 5.91 Å². The zero-order valence-electron chi connectivity index (χ0n) is 9.57.